The van der Waals surface area contributed by atoms with Gasteiger partial charge in [-0.05, 0) is 19.1 Å². The molecule has 2 rings (SSSR count). The van der Waals surface area contributed by atoms with E-state index >= 15 is 0 Å². The number of carbonyl (C=O) groups is 2. The first-order valence-electron chi connectivity index (χ1n) is 6.01. The van der Waals surface area contributed by atoms with Gasteiger partial charge in [0.25, 0.3) is 5.91 Å². The van der Waals surface area contributed by atoms with Crippen molar-refractivity contribution in [3.8, 4) is 0 Å². The van der Waals surface area contributed by atoms with Crippen LogP contribution >= 0.6 is 22.9 Å². The largest absolute Gasteiger partial charge is 0.461 e. The molecule has 22 heavy (non-hydrogen) atoms. The number of halogens is 3. The van der Waals surface area contributed by atoms with Gasteiger partial charge < -0.3 is 4.74 Å². The van der Waals surface area contributed by atoms with Crippen LogP contribution in [0.1, 0.15) is 27.8 Å². The number of carbonyl (C=O) groups excluding carboxylic acids is 2. The Morgan fingerprint density at radius 2 is 2.05 bits per heavy atom. The number of rotatable bonds is 4. The van der Waals surface area contributed by atoms with E-state index < -0.39 is 23.5 Å². The molecule has 0 spiro atoms. The molecule has 1 amide bonds. The smallest absolute Gasteiger partial charge is 0.357 e. The lowest BCUT2D eigenvalue weighted by Crippen LogP contribution is -2.13. The summed E-state index contributed by atoms with van der Waals surface area (Å²) in [6.07, 6.45) is 0. The summed E-state index contributed by atoms with van der Waals surface area (Å²) in [5.41, 5.74) is -0.202. The van der Waals surface area contributed by atoms with E-state index in [1.807, 2.05) is 0 Å². The van der Waals surface area contributed by atoms with Crippen molar-refractivity contribution in [1.82, 2.24) is 4.98 Å². The number of hydrogen-bond donors (Lipinski definition) is 1. The molecule has 1 aromatic carbocycles. The average molecular weight is 347 g/mol. The number of ether oxygens (including phenoxy) is 1. The summed E-state index contributed by atoms with van der Waals surface area (Å²) in [6.45, 7) is 1.85. The molecular weight excluding hydrogens is 338 g/mol. The van der Waals surface area contributed by atoms with Crippen LogP contribution in [0.5, 0.6) is 0 Å². The summed E-state index contributed by atoms with van der Waals surface area (Å²) >= 11 is 6.69. The van der Waals surface area contributed by atoms with E-state index in [2.05, 4.69) is 10.3 Å². The van der Waals surface area contributed by atoms with Crippen molar-refractivity contribution in [2.75, 3.05) is 11.9 Å². The number of hydrogen-bond acceptors (Lipinski definition) is 5. The van der Waals surface area contributed by atoms with Gasteiger partial charge in [-0.1, -0.05) is 11.6 Å². The Bertz CT molecular complexity index is 736. The van der Waals surface area contributed by atoms with Gasteiger partial charge in [0, 0.05) is 5.38 Å². The molecule has 5 nitrogen and oxygen atoms in total. The van der Waals surface area contributed by atoms with Crippen LogP contribution in [0.25, 0.3) is 0 Å². The minimum atomic E-state index is -1.19. The number of nitrogens with zero attached hydrogens (tertiary/aromatic N) is 1. The normalized spacial score (nSPS) is 10.4. The second-order valence-corrected chi connectivity index (χ2v) is 5.22. The first kappa shape index (κ1) is 16.3. The number of thiazole rings is 1. The molecule has 0 saturated heterocycles. The fourth-order valence-corrected chi connectivity index (χ4v) is 2.40. The molecule has 0 aliphatic carbocycles. The number of esters is 1. The zero-order valence-electron chi connectivity index (χ0n) is 11.2. The number of nitrogens with one attached hydrogen (secondary N) is 1. The van der Waals surface area contributed by atoms with E-state index in [9.17, 15) is 18.4 Å². The highest BCUT2D eigenvalue weighted by Crippen LogP contribution is 2.22. The molecule has 0 aliphatic heterocycles. The third kappa shape index (κ3) is 3.58. The van der Waals surface area contributed by atoms with Crippen LogP contribution in [0, 0.1) is 11.6 Å². The number of benzene rings is 1. The lowest BCUT2D eigenvalue weighted by atomic mass is 10.2. The Hall–Kier alpha value is -2.06. The topological polar surface area (TPSA) is 68.3 Å². The standard InChI is InChI=1S/C13H9ClF2N2O3S/c1-2-21-12(20)10-5-22-13(17-10)18-11(19)6-3-8(15)9(16)4-7(6)14/h3-5H,2H2,1H3,(H,17,18,19). The van der Waals surface area contributed by atoms with Crippen LogP contribution in [-0.4, -0.2) is 23.5 Å². The van der Waals surface area contributed by atoms with Crippen molar-refractivity contribution in [1.29, 1.82) is 0 Å². The lowest BCUT2D eigenvalue weighted by molar-refractivity contribution is 0.0520. The predicted octanol–water partition coefficient (Wildman–Crippen LogP) is 3.50. The van der Waals surface area contributed by atoms with Gasteiger partial charge in [0.2, 0.25) is 0 Å². The fraction of sp³-hybridized carbons (Fsp3) is 0.154. The van der Waals surface area contributed by atoms with Crippen molar-refractivity contribution >= 4 is 39.9 Å². The SMILES string of the molecule is CCOC(=O)c1csc(NC(=O)c2cc(F)c(F)cc2Cl)n1. The second-order valence-electron chi connectivity index (χ2n) is 3.96. The summed E-state index contributed by atoms with van der Waals surface area (Å²) in [7, 11) is 0. The molecular formula is C13H9ClF2N2O3S. The Morgan fingerprint density at radius 3 is 2.73 bits per heavy atom. The molecule has 0 fully saturated rings. The summed E-state index contributed by atoms with van der Waals surface area (Å²) < 4.78 is 30.9. The van der Waals surface area contributed by atoms with Gasteiger partial charge >= 0.3 is 5.97 Å². The molecule has 0 unspecified atom stereocenters. The monoisotopic (exact) mass is 346 g/mol. The second kappa shape index (κ2) is 6.80. The van der Waals surface area contributed by atoms with E-state index in [4.69, 9.17) is 16.3 Å². The Labute approximate surface area is 132 Å². The zero-order chi connectivity index (χ0) is 16.3. The fourth-order valence-electron chi connectivity index (χ4n) is 1.49. The maximum atomic E-state index is 13.2. The summed E-state index contributed by atoms with van der Waals surface area (Å²) in [5, 5.41) is 3.62. The highest BCUT2D eigenvalue weighted by Gasteiger charge is 2.18. The van der Waals surface area contributed by atoms with Gasteiger partial charge in [-0.2, -0.15) is 0 Å². The van der Waals surface area contributed by atoms with Crippen LogP contribution < -0.4 is 5.32 Å². The first-order chi connectivity index (χ1) is 10.4. The van der Waals surface area contributed by atoms with Gasteiger partial charge in [-0.15, -0.1) is 11.3 Å². The van der Waals surface area contributed by atoms with Gasteiger partial charge in [0.1, 0.15) is 0 Å². The van der Waals surface area contributed by atoms with Crippen LogP contribution in [0.3, 0.4) is 0 Å². The zero-order valence-corrected chi connectivity index (χ0v) is 12.7. The molecule has 0 radical (unpaired) electrons. The van der Waals surface area contributed by atoms with E-state index in [0.717, 1.165) is 11.3 Å². The molecule has 116 valence electrons. The molecule has 0 aliphatic rings. The molecule has 1 N–H and O–H groups in total. The summed E-state index contributed by atoms with van der Waals surface area (Å²) in [5.74, 6) is -3.74. The first-order valence-corrected chi connectivity index (χ1v) is 7.26. The Kier molecular flexibility index (Phi) is 5.04. The highest BCUT2D eigenvalue weighted by molar-refractivity contribution is 7.14. The van der Waals surface area contributed by atoms with Gasteiger partial charge in [0.15, 0.2) is 22.5 Å². The van der Waals surface area contributed by atoms with Gasteiger partial charge in [0.05, 0.1) is 17.2 Å². The summed E-state index contributed by atoms with van der Waals surface area (Å²) in [6, 6.07) is 1.39. The molecule has 9 heteroatoms. The van der Waals surface area contributed by atoms with Crippen LogP contribution in [0.4, 0.5) is 13.9 Å². The van der Waals surface area contributed by atoms with Crippen LogP contribution in [0.15, 0.2) is 17.5 Å². The minimum absolute atomic E-state index is 0.0403. The molecule has 0 saturated carbocycles. The van der Waals surface area contributed by atoms with E-state index in [-0.39, 0.29) is 28.0 Å². The molecule has 0 atom stereocenters. The highest BCUT2D eigenvalue weighted by atomic mass is 35.5. The number of anilines is 1. The van der Waals surface area contributed by atoms with Crippen molar-refractivity contribution in [2.24, 2.45) is 0 Å². The third-order valence-electron chi connectivity index (χ3n) is 2.46. The van der Waals surface area contributed by atoms with Crippen molar-refractivity contribution in [2.45, 2.75) is 6.92 Å². The number of aromatic nitrogens is 1. The molecule has 1 aromatic heterocycles. The quantitative estimate of drug-likeness (QED) is 0.679. The number of amides is 1. The Balaban J connectivity index is 2.16. The van der Waals surface area contributed by atoms with Crippen LogP contribution in [0.2, 0.25) is 5.02 Å². The maximum absolute atomic E-state index is 13.2. The average Bonchev–Trinajstić information content (AvgIpc) is 2.91. The maximum Gasteiger partial charge on any atom is 0.357 e. The lowest BCUT2D eigenvalue weighted by Gasteiger charge is -2.05. The van der Waals surface area contributed by atoms with E-state index in [0.29, 0.717) is 12.1 Å². The van der Waals surface area contributed by atoms with Crippen molar-refractivity contribution in [3.63, 3.8) is 0 Å². The summed E-state index contributed by atoms with van der Waals surface area (Å²) in [4.78, 5) is 27.3. The van der Waals surface area contributed by atoms with Crippen molar-refractivity contribution in [3.05, 3.63) is 45.4 Å². The third-order valence-corrected chi connectivity index (χ3v) is 3.53. The van der Waals surface area contributed by atoms with Crippen molar-refractivity contribution < 1.29 is 23.1 Å². The van der Waals surface area contributed by atoms with Gasteiger partial charge in [-0.3, -0.25) is 10.1 Å². The van der Waals surface area contributed by atoms with Crippen LogP contribution in [-0.2, 0) is 4.74 Å². The predicted molar refractivity (Wildman–Crippen MR) is 77.4 cm³/mol. The van der Waals surface area contributed by atoms with E-state index in [1.54, 1.807) is 6.92 Å². The molecule has 0 bridgehead atoms. The molecule has 2 aromatic rings. The van der Waals surface area contributed by atoms with E-state index in [1.165, 1.54) is 5.38 Å². The minimum Gasteiger partial charge on any atom is -0.461 e. The Morgan fingerprint density at radius 1 is 1.36 bits per heavy atom. The van der Waals surface area contributed by atoms with Gasteiger partial charge in [-0.25, -0.2) is 18.6 Å². The molecule has 1 heterocycles.